The van der Waals surface area contributed by atoms with Crippen LogP contribution in [0.15, 0.2) is 108 Å². The Morgan fingerprint density at radius 1 is 0.838 bits per heavy atom. The molecule has 0 aromatic heterocycles. The van der Waals surface area contributed by atoms with Crippen LogP contribution < -0.4 is 10.0 Å². The fraction of sp³-hybridized carbons (Fsp3) is 0.0357. The van der Waals surface area contributed by atoms with Gasteiger partial charge in [-0.2, -0.15) is 0 Å². The number of aryl methyl sites for hydroxylation is 1. The van der Waals surface area contributed by atoms with E-state index in [1.54, 1.807) is 54.6 Å². The predicted octanol–water partition coefficient (Wildman–Crippen LogP) is 5.88. The molecular formula is C28H23N3O5S. The van der Waals surface area contributed by atoms with Crippen LogP contribution in [0.2, 0.25) is 0 Å². The molecule has 9 heteroatoms. The minimum absolute atomic E-state index is 0.0430. The highest BCUT2D eigenvalue weighted by Crippen LogP contribution is 2.24. The van der Waals surface area contributed by atoms with Crippen molar-refractivity contribution in [2.45, 2.75) is 11.8 Å². The van der Waals surface area contributed by atoms with E-state index in [0.717, 1.165) is 5.56 Å². The van der Waals surface area contributed by atoms with Crippen molar-refractivity contribution in [3.8, 4) is 0 Å². The van der Waals surface area contributed by atoms with Gasteiger partial charge in [0.25, 0.3) is 21.6 Å². The largest absolute Gasteiger partial charge is 0.322 e. The summed E-state index contributed by atoms with van der Waals surface area (Å²) in [5.41, 5.74) is 3.16. The zero-order chi connectivity index (χ0) is 26.4. The van der Waals surface area contributed by atoms with Gasteiger partial charge in [-0.25, -0.2) is 8.42 Å². The quantitative estimate of drug-likeness (QED) is 0.132. The molecule has 0 fully saturated rings. The highest BCUT2D eigenvalue weighted by atomic mass is 32.2. The molecule has 0 bridgehead atoms. The van der Waals surface area contributed by atoms with E-state index in [4.69, 9.17) is 0 Å². The molecule has 1 amide bonds. The van der Waals surface area contributed by atoms with E-state index in [1.165, 1.54) is 36.4 Å². The number of nitro groups is 1. The zero-order valence-electron chi connectivity index (χ0n) is 19.8. The first kappa shape index (κ1) is 25.3. The van der Waals surface area contributed by atoms with E-state index in [0.29, 0.717) is 28.1 Å². The van der Waals surface area contributed by atoms with Crippen molar-refractivity contribution in [3.05, 3.63) is 130 Å². The molecule has 4 rings (SSSR count). The molecule has 186 valence electrons. The number of non-ortho nitro benzene ring substituents is 1. The molecule has 0 unspecified atom stereocenters. The van der Waals surface area contributed by atoms with E-state index in [9.17, 15) is 23.3 Å². The molecule has 0 radical (unpaired) electrons. The highest BCUT2D eigenvalue weighted by molar-refractivity contribution is 7.92. The second-order valence-electron chi connectivity index (χ2n) is 8.23. The Labute approximate surface area is 214 Å². The lowest BCUT2D eigenvalue weighted by molar-refractivity contribution is -0.384. The molecule has 0 aliphatic heterocycles. The lowest BCUT2D eigenvalue weighted by Crippen LogP contribution is -2.15. The standard InChI is InChI=1S/C28H23N3O5S/c1-20-10-12-24(13-11-20)30-37(35,36)26-16-14-23(15-17-26)29-28(32)27(22-7-3-2-4-8-22)19-21-6-5-9-25(18-21)31(33)34/h2-19,30H,1H3,(H,29,32)/b27-19+. The summed E-state index contributed by atoms with van der Waals surface area (Å²) in [5.74, 6) is -0.453. The number of nitro benzene ring substituents is 1. The van der Waals surface area contributed by atoms with Crippen LogP contribution in [0.3, 0.4) is 0 Å². The second-order valence-corrected chi connectivity index (χ2v) is 9.91. The van der Waals surface area contributed by atoms with E-state index < -0.39 is 20.9 Å². The highest BCUT2D eigenvalue weighted by Gasteiger charge is 2.16. The summed E-state index contributed by atoms with van der Waals surface area (Å²) in [4.78, 5) is 23.9. The maximum atomic E-state index is 13.2. The average Bonchev–Trinajstić information content (AvgIpc) is 2.89. The van der Waals surface area contributed by atoms with Gasteiger partial charge in [-0.05, 0) is 60.5 Å². The molecule has 0 atom stereocenters. The van der Waals surface area contributed by atoms with Crippen LogP contribution in [0, 0.1) is 17.0 Å². The summed E-state index contributed by atoms with van der Waals surface area (Å²) in [6.45, 7) is 1.91. The Morgan fingerprint density at radius 2 is 1.49 bits per heavy atom. The third-order valence-corrected chi connectivity index (χ3v) is 6.84. The van der Waals surface area contributed by atoms with Crippen molar-refractivity contribution in [2.24, 2.45) is 0 Å². The van der Waals surface area contributed by atoms with E-state index in [1.807, 2.05) is 25.1 Å². The van der Waals surface area contributed by atoms with E-state index >= 15 is 0 Å². The Morgan fingerprint density at radius 3 is 2.14 bits per heavy atom. The number of carbonyl (C=O) groups is 1. The number of sulfonamides is 1. The maximum absolute atomic E-state index is 13.2. The maximum Gasteiger partial charge on any atom is 0.270 e. The van der Waals surface area contributed by atoms with Crippen molar-refractivity contribution in [1.82, 2.24) is 0 Å². The number of hydrogen-bond acceptors (Lipinski definition) is 5. The molecule has 0 aliphatic carbocycles. The third kappa shape index (κ3) is 6.47. The first-order valence-electron chi connectivity index (χ1n) is 11.2. The van der Waals surface area contributed by atoms with Crippen molar-refractivity contribution in [3.63, 3.8) is 0 Å². The fourth-order valence-corrected chi connectivity index (χ4v) is 4.60. The van der Waals surface area contributed by atoms with Gasteiger partial charge in [0.2, 0.25) is 0 Å². The van der Waals surface area contributed by atoms with Gasteiger partial charge in [-0.3, -0.25) is 19.6 Å². The van der Waals surface area contributed by atoms with Crippen LogP contribution in [0.5, 0.6) is 0 Å². The Hall–Kier alpha value is -4.76. The number of benzene rings is 4. The van der Waals surface area contributed by atoms with Gasteiger partial charge >= 0.3 is 0 Å². The van der Waals surface area contributed by atoms with E-state index in [2.05, 4.69) is 10.0 Å². The monoisotopic (exact) mass is 513 g/mol. The van der Waals surface area contributed by atoms with E-state index in [-0.39, 0.29) is 10.6 Å². The predicted molar refractivity (Wildman–Crippen MR) is 144 cm³/mol. The summed E-state index contributed by atoms with van der Waals surface area (Å²) in [6, 6.07) is 27.7. The van der Waals surface area contributed by atoms with Gasteiger partial charge in [-0.15, -0.1) is 0 Å². The minimum atomic E-state index is -3.81. The number of amides is 1. The molecule has 37 heavy (non-hydrogen) atoms. The van der Waals surface area contributed by atoms with Gasteiger partial charge in [0, 0.05) is 29.1 Å². The lowest BCUT2D eigenvalue weighted by Gasteiger charge is -2.12. The van der Waals surface area contributed by atoms with Gasteiger partial charge in [0.15, 0.2) is 0 Å². The molecule has 0 saturated carbocycles. The van der Waals surface area contributed by atoms with Crippen LogP contribution in [0.25, 0.3) is 11.6 Å². The molecule has 4 aromatic rings. The lowest BCUT2D eigenvalue weighted by atomic mass is 10.0. The Balaban J connectivity index is 1.57. The third-order valence-electron chi connectivity index (χ3n) is 5.45. The molecule has 0 spiro atoms. The SMILES string of the molecule is Cc1ccc(NS(=O)(=O)c2ccc(NC(=O)/C(=C/c3cccc([N+](=O)[O-])c3)c3ccccc3)cc2)cc1. The van der Waals surface area contributed by atoms with Gasteiger partial charge in [0.1, 0.15) is 0 Å². The zero-order valence-corrected chi connectivity index (χ0v) is 20.6. The van der Waals surface area contributed by atoms with Crippen LogP contribution in [0.1, 0.15) is 16.7 Å². The van der Waals surface area contributed by atoms with Crippen LogP contribution in [0.4, 0.5) is 17.1 Å². The summed E-state index contributed by atoms with van der Waals surface area (Å²) in [6.07, 6.45) is 1.57. The average molecular weight is 514 g/mol. The molecule has 4 aromatic carbocycles. The van der Waals surface area contributed by atoms with Crippen LogP contribution >= 0.6 is 0 Å². The number of hydrogen-bond donors (Lipinski definition) is 2. The number of nitrogens with zero attached hydrogens (tertiary/aromatic N) is 1. The molecule has 2 N–H and O–H groups in total. The van der Waals surface area contributed by atoms with Gasteiger partial charge in [-0.1, -0.05) is 60.2 Å². The molecular weight excluding hydrogens is 490 g/mol. The molecule has 8 nitrogen and oxygen atoms in total. The first-order valence-corrected chi connectivity index (χ1v) is 12.7. The number of nitrogens with one attached hydrogen (secondary N) is 2. The summed E-state index contributed by atoms with van der Waals surface area (Å²) in [7, 11) is -3.81. The first-order chi connectivity index (χ1) is 17.7. The number of rotatable bonds is 8. The van der Waals surface area contributed by atoms with Crippen molar-refractivity contribution < 1.29 is 18.1 Å². The molecule has 0 aliphatic rings. The topological polar surface area (TPSA) is 118 Å². The van der Waals surface area contributed by atoms with Gasteiger partial charge < -0.3 is 5.32 Å². The summed E-state index contributed by atoms with van der Waals surface area (Å²) in [5, 5.41) is 13.9. The normalized spacial score (nSPS) is 11.5. The minimum Gasteiger partial charge on any atom is -0.322 e. The van der Waals surface area contributed by atoms with Crippen LogP contribution in [-0.2, 0) is 14.8 Å². The second kappa shape index (κ2) is 10.9. The van der Waals surface area contributed by atoms with Gasteiger partial charge in [0.05, 0.1) is 9.82 Å². The summed E-state index contributed by atoms with van der Waals surface area (Å²) >= 11 is 0. The smallest absolute Gasteiger partial charge is 0.270 e. The fourth-order valence-electron chi connectivity index (χ4n) is 3.54. The molecule has 0 saturated heterocycles. The molecule has 0 heterocycles. The Bertz CT molecular complexity index is 1560. The van der Waals surface area contributed by atoms with Crippen molar-refractivity contribution >= 4 is 44.6 Å². The van der Waals surface area contributed by atoms with Crippen molar-refractivity contribution in [2.75, 3.05) is 10.0 Å². The Kier molecular flexibility index (Phi) is 7.45. The summed E-state index contributed by atoms with van der Waals surface area (Å²) < 4.78 is 28.0. The number of anilines is 2. The number of carbonyl (C=O) groups excluding carboxylic acids is 1. The van der Waals surface area contributed by atoms with Crippen LogP contribution in [-0.4, -0.2) is 19.2 Å². The van der Waals surface area contributed by atoms with Crippen molar-refractivity contribution in [1.29, 1.82) is 0 Å².